The highest BCUT2D eigenvalue weighted by atomic mass is 19.2. The summed E-state index contributed by atoms with van der Waals surface area (Å²) >= 11 is 0. The lowest BCUT2D eigenvalue weighted by Crippen LogP contribution is -2.39. The maximum atomic E-state index is 13.9. The molecule has 136 valence electrons. The SMILES string of the molecule is O=C(O)CCN(C[C@@H]1CCCO1)C(=O)[C@@H]1C[C@@H]1c1cccc(F)c1F. The molecule has 1 aliphatic carbocycles. The van der Waals surface area contributed by atoms with Crippen molar-refractivity contribution < 1.29 is 28.2 Å². The number of halogens is 2. The number of amides is 1. The van der Waals surface area contributed by atoms with E-state index >= 15 is 0 Å². The van der Waals surface area contributed by atoms with Gasteiger partial charge in [0.05, 0.1) is 12.5 Å². The van der Waals surface area contributed by atoms with Gasteiger partial charge in [-0.1, -0.05) is 12.1 Å². The van der Waals surface area contributed by atoms with Crippen molar-refractivity contribution in [3.05, 3.63) is 35.4 Å². The molecule has 5 nitrogen and oxygen atoms in total. The molecule has 2 fully saturated rings. The highest BCUT2D eigenvalue weighted by Gasteiger charge is 2.47. The molecular formula is C18H21F2NO4. The Morgan fingerprint density at radius 1 is 1.32 bits per heavy atom. The number of hydrogen-bond acceptors (Lipinski definition) is 3. The minimum atomic E-state index is -0.978. The van der Waals surface area contributed by atoms with E-state index in [1.165, 1.54) is 17.0 Å². The highest BCUT2D eigenvalue weighted by Crippen LogP contribution is 2.49. The van der Waals surface area contributed by atoms with Gasteiger partial charge in [0.1, 0.15) is 0 Å². The molecule has 7 heteroatoms. The Bertz CT molecular complexity index is 660. The zero-order valence-corrected chi connectivity index (χ0v) is 13.8. The number of nitrogens with zero attached hydrogens (tertiary/aromatic N) is 1. The second-order valence-electron chi connectivity index (χ2n) is 6.65. The summed E-state index contributed by atoms with van der Waals surface area (Å²) in [7, 11) is 0. The Morgan fingerprint density at radius 2 is 2.12 bits per heavy atom. The average molecular weight is 353 g/mol. The Morgan fingerprint density at radius 3 is 2.80 bits per heavy atom. The highest BCUT2D eigenvalue weighted by molar-refractivity contribution is 5.83. The molecule has 1 heterocycles. The topological polar surface area (TPSA) is 66.8 Å². The van der Waals surface area contributed by atoms with Crippen LogP contribution >= 0.6 is 0 Å². The van der Waals surface area contributed by atoms with Crippen molar-refractivity contribution in [3.8, 4) is 0 Å². The molecule has 1 aromatic rings. The molecule has 1 aliphatic heterocycles. The summed E-state index contributed by atoms with van der Waals surface area (Å²) in [6.07, 6.45) is 1.98. The summed E-state index contributed by atoms with van der Waals surface area (Å²) in [6.45, 7) is 1.09. The minimum Gasteiger partial charge on any atom is -0.481 e. The van der Waals surface area contributed by atoms with Crippen molar-refractivity contribution >= 4 is 11.9 Å². The van der Waals surface area contributed by atoms with E-state index in [2.05, 4.69) is 0 Å². The molecule has 1 saturated carbocycles. The van der Waals surface area contributed by atoms with Crippen molar-refractivity contribution in [1.82, 2.24) is 4.90 Å². The lowest BCUT2D eigenvalue weighted by molar-refractivity contribution is -0.139. The normalized spacial score (nSPS) is 25.0. The maximum Gasteiger partial charge on any atom is 0.305 e. The third kappa shape index (κ3) is 4.15. The predicted octanol–water partition coefficient (Wildman–Crippen LogP) is 2.55. The molecule has 0 bridgehead atoms. The fourth-order valence-corrected chi connectivity index (χ4v) is 3.41. The van der Waals surface area contributed by atoms with Gasteiger partial charge in [-0.25, -0.2) is 8.78 Å². The maximum absolute atomic E-state index is 13.9. The van der Waals surface area contributed by atoms with Crippen LogP contribution in [0, 0.1) is 17.6 Å². The van der Waals surface area contributed by atoms with Crippen LogP contribution in [0.4, 0.5) is 8.78 Å². The first-order valence-electron chi connectivity index (χ1n) is 8.53. The van der Waals surface area contributed by atoms with E-state index in [0.29, 0.717) is 19.6 Å². The molecule has 1 amide bonds. The van der Waals surface area contributed by atoms with E-state index < -0.39 is 23.5 Å². The monoisotopic (exact) mass is 353 g/mol. The first kappa shape index (κ1) is 17.8. The molecule has 1 aromatic carbocycles. The summed E-state index contributed by atoms with van der Waals surface area (Å²) < 4.78 is 32.8. The Labute approximate surface area is 144 Å². The van der Waals surface area contributed by atoms with Gasteiger partial charge in [-0.3, -0.25) is 9.59 Å². The number of carboxylic acid groups (broad SMARTS) is 1. The van der Waals surface area contributed by atoms with Gasteiger partial charge in [-0.15, -0.1) is 0 Å². The second-order valence-corrected chi connectivity index (χ2v) is 6.65. The van der Waals surface area contributed by atoms with Crippen molar-refractivity contribution in [2.24, 2.45) is 5.92 Å². The van der Waals surface area contributed by atoms with E-state index in [1.54, 1.807) is 0 Å². The second kappa shape index (κ2) is 7.47. The molecule has 0 radical (unpaired) electrons. The zero-order valence-electron chi connectivity index (χ0n) is 13.8. The van der Waals surface area contributed by atoms with Gasteiger partial charge in [-0.05, 0) is 36.8 Å². The van der Waals surface area contributed by atoms with Crippen LogP contribution in [-0.4, -0.2) is 47.7 Å². The summed E-state index contributed by atoms with van der Waals surface area (Å²) in [4.78, 5) is 25.1. The van der Waals surface area contributed by atoms with Gasteiger partial charge >= 0.3 is 5.97 Å². The van der Waals surface area contributed by atoms with E-state index in [9.17, 15) is 18.4 Å². The molecule has 1 saturated heterocycles. The molecule has 0 unspecified atom stereocenters. The van der Waals surface area contributed by atoms with Crippen LogP contribution in [0.25, 0.3) is 0 Å². The van der Waals surface area contributed by atoms with Gasteiger partial charge < -0.3 is 14.7 Å². The van der Waals surface area contributed by atoms with Crippen LogP contribution in [0.3, 0.4) is 0 Å². The smallest absolute Gasteiger partial charge is 0.305 e. The molecule has 25 heavy (non-hydrogen) atoms. The largest absolute Gasteiger partial charge is 0.481 e. The molecule has 2 aliphatic rings. The number of benzene rings is 1. The number of aliphatic carboxylic acids is 1. The number of hydrogen-bond donors (Lipinski definition) is 1. The van der Waals surface area contributed by atoms with Crippen LogP contribution in [0.2, 0.25) is 0 Å². The van der Waals surface area contributed by atoms with Crippen LogP contribution in [0.5, 0.6) is 0 Å². The van der Waals surface area contributed by atoms with E-state index in [0.717, 1.165) is 18.9 Å². The van der Waals surface area contributed by atoms with Gasteiger partial charge in [0.15, 0.2) is 11.6 Å². The Hall–Kier alpha value is -2.02. The third-order valence-corrected chi connectivity index (χ3v) is 4.84. The summed E-state index contributed by atoms with van der Waals surface area (Å²) in [5, 5.41) is 8.90. The summed E-state index contributed by atoms with van der Waals surface area (Å²) in [6, 6.07) is 3.98. The number of ether oxygens (including phenoxy) is 1. The fraction of sp³-hybridized carbons (Fsp3) is 0.556. The molecule has 0 aromatic heterocycles. The molecule has 3 rings (SSSR count). The summed E-state index contributed by atoms with van der Waals surface area (Å²) in [5.41, 5.74) is 0.216. The number of carbonyl (C=O) groups is 2. The quantitative estimate of drug-likeness (QED) is 0.818. The molecule has 0 spiro atoms. The van der Waals surface area contributed by atoms with Crippen LogP contribution in [0.15, 0.2) is 18.2 Å². The zero-order chi connectivity index (χ0) is 18.0. The van der Waals surface area contributed by atoms with E-state index in [1.807, 2.05) is 0 Å². The van der Waals surface area contributed by atoms with Gasteiger partial charge in [0.2, 0.25) is 5.91 Å². The first-order chi connectivity index (χ1) is 12.0. The van der Waals surface area contributed by atoms with Crippen LogP contribution < -0.4 is 0 Å². The number of carbonyl (C=O) groups excluding carboxylic acids is 1. The molecule has 1 N–H and O–H groups in total. The van der Waals surface area contributed by atoms with E-state index in [-0.39, 0.29) is 36.5 Å². The van der Waals surface area contributed by atoms with Crippen molar-refractivity contribution in [1.29, 1.82) is 0 Å². The third-order valence-electron chi connectivity index (χ3n) is 4.84. The minimum absolute atomic E-state index is 0.0825. The van der Waals surface area contributed by atoms with Crippen LogP contribution in [-0.2, 0) is 14.3 Å². The van der Waals surface area contributed by atoms with Crippen molar-refractivity contribution in [2.45, 2.75) is 37.7 Å². The Balaban J connectivity index is 1.67. The standard InChI is InChI=1S/C18H21F2NO4/c19-15-5-1-4-12(17(15)20)13-9-14(13)18(24)21(7-6-16(22)23)10-11-3-2-8-25-11/h1,4-5,11,13-14H,2-3,6-10H2,(H,22,23)/t11-,13+,14+/m0/s1. The van der Waals surface area contributed by atoms with Gasteiger partial charge in [0, 0.05) is 25.6 Å². The van der Waals surface area contributed by atoms with Gasteiger partial charge in [0.25, 0.3) is 0 Å². The number of rotatable bonds is 7. The molecular weight excluding hydrogens is 332 g/mol. The summed E-state index contributed by atoms with van der Waals surface area (Å²) in [5.74, 6) is -3.78. The average Bonchev–Trinajstić information content (AvgIpc) is 3.20. The predicted molar refractivity (Wildman–Crippen MR) is 85.0 cm³/mol. The van der Waals surface area contributed by atoms with Crippen molar-refractivity contribution in [2.75, 3.05) is 19.7 Å². The van der Waals surface area contributed by atoms with Crippen LogP contribution in [0.1, 0.15) is 37.2 Å². The molecule has 3 atom stereocenters. The van der Waals surface area contributed by atoms with E-state index in [4.69, 9.17) is 9.84 Å². The Kier molecular flexibility index (Phi) is 5.32. The first-order valence-corrected chi connectivity index (χ1v) is 8.53. The fourth-order valence-electron chi connectivity index (χ4n) is 3.41. The lowest BCUT2D eigenvalue weighted by atomic mass is 10.1. The van der Waals surface area contributed by atoms with Crippen molar-refractivity contribution in [3.63, 3.8) is 0 Å². The van der Waals surface area contributed by atoms with Gasteiger partial charge in [-0.2, -0.15) is 0 Å². The number of carboxylic acids is 1. The lowest BCUT2D eigenvalue weighted by Gasteiger charge is -2.25.